The molecule has 0 bridgehead atoms. The summed E-state index contributed by atoms with van der Waals surface area (Å²) in [7, 11) is 0. The predicted molar refractivity (Wildman–Crippen MR) is 94.1 cm³/mol. The van der Waals surface area contributed by atoms with Gasteiger partial charge in [-0.05, 0) is 23.3 Å². The number of amides is 2. The van der Waals surface area contributed by atoms with Crippen molar-refractivity contribution in [3.05, 3.63) is 60.2 Å². The van der Waals surface area contributed by atoms with Gasteiger partial charge in [0.1, 0.15) is 6.61 Å². The Morgan fingerprint density at radius 2 is 1.52 bits per heavy atom. The summed E-state index contributed by atoms with van der Waals surface area (Å²) < 4.78 is 40.0. The van der Waals surface area contributed by atoms with Gasteiger partial charge in [0.25, 0.3) is 5.91 Å². The van der Waals surface area contributed by atoms with Gasteiger partial charge < -0.3 is 15.4 Å². The van der Waals surface area contributed by atoms with Gasteiger partial charge in [-0.25, -0.2) is 0 Å². The summed E-state index contributed by atoms with van der Waals surface area (Å²) in [5.74, 6) is -0.932. The van der Waals surface area contributed by atoms with Crippen LogP contribution in [0.2, 0.25) is 0 Å². The maximum absolute atomic E-state index is 12.0. The van der Waals surface area contributed by atoms with Crippen molar-refractivity contribution in [3.8, 4) is 11.1 Å². The molecule has 144 valence electrons. The number of hydrogen-bond acceptors (Lipinski definition) is 3. The van der Waals surface area contributed by atoms with Gasteiger partial charge in [-0.2, -0.15) is 13.2 Å². The molecular weight excluding hydrogens is 361 g/mol. The molecule has 0 spiro atoms. The summed E-state index contributed by atoms with van der Waals surface area (Å²) in [4.78, 5) is 23.6. The molecule has 0 aliphatic carbocycles. The van der Waals surface area contributed by atoms with Crippen molar-refractivity contribution in [1.82, 2.24) is 10.6 Å². The van der Waals surface area contributed by atoms with Crippen LogP contribution in [0.15, 0.2) is 54.6 Å². The molecule has 2 rings (SSSR count). The molecule has 0 radical (unpaired) electrons. The van der Waals surface area contributed by atoms with E-state index in [2.05, 4.69) is 15.4 Å². The molecule has 5 nitrogen and oxygen atoms in total. The second-order valence-electron chi connectivity index (χ2n) is 5.64. The number of carbonyl (C=O) groups is 2. The van der Waals surface area contributed by atoms with Crippen LogP contribution in [-0.4, -0.2) is 44.3 Å². The SMILES string of the molecule is O=C(CNC(=O)c1ccc(-c2ccccc2)cc1)NCCOCC(F)(F)F. The molecule has 0 aromatic heterocycles. The van der Waals surface area contributed by atoms with Crippen LogP contribution in [0.5, 0.6) is 0 Å². The van der Waals surface area contributed by atoms with E-state index in [1.165, 1.54) is 0 Å². The van der Waals surface area contributed by atoms with Gasteiger partial charge >= 0.3 is 6.18 Å². The van der Waals surface area contributed by atoms with E-state index in [9.17, 15) is 22.8 Å². The fourth-order valence-electron chi connectivity index (χ4n) is 2.22. The summed E-state index contributed by atoms with van der Waals surface area (Å²) in [5.41, 5.74) is 2.39. The van der Waals surface area contributed by atoms with E-state index < -0.39 is 24.6 Å². The molecule has 2 aromatic carbocycles. The Hall–Kier alpha value is -2.87. The lowest BCUT2D eigenvalue weighted by Crippen LogP contribution is -2.38. The molecule has 0 fully saturated rings. The first-order valence-electron chi connectivity index (χ1n) is 8.20. The summed E-state index contributed by atoms with van der Waals surface area (Å²) in [5, 5.41) is 4.81. The molecule has 0 aliphatic rings. The number of rotatable bonds is 8. The quantitative estimate of drug-likeness (QED) is 0.692. The third-order valence-corrected chi connectivity index (χ3v) is 3.50. The number of carbonyl (C=O) groups excluding carboxylic acids is 2. The highest BCUT2D eigenvalue weighted by Gasteiger charge is 2.27. The Bertz CT molecular complexity index is 747. The average molecular weight is 380 g/mol. The average Bonchev–Trinajstić information content (AvgIpc) is 2.66. The molecule has 27 heavy (non-hydrogen) atoms. The highest BCUT2D eigenvalue weighted by Crippen LogP contribution is 2.19. The molecule has 0 heterocycles. The minimum Gasteiger partial charge on any atom is -0.370 e. The number of halogens is 3. The Morgan fingerprint density at radius 1 is 0.889 bits per heavy atom. The van der Waals surface area contributed by atoms with E-state index in [0.717, 1.165) is 11.1 Å². The third kappa shape index (κ3) is 7.49. The normalized spacial score (nSPS) is 11.1. The fraction of sp³-hybridized carbons (Fsp3) is 0.263. The van der Waals surface area contributed by atoms with E-state index >= 15 is 0 Å². The van der Waals surface area contributed by atoms with Crippen LogP contribution in [-0.2, 0) is 9.53 Å². The maximum Gasteiger partial charge on any atom is 0.411 e. The minimum atomic E-state index is -4.39. The lowest BCUT2D eigenvalue weighted by molar-refractivity contribution is -0.173. The molecule has 0 saturated heterocycles. The smallest absolute Gasteiger partial charge is 0.370 e. The second-order valence-corrected chi connectivity index (χ2v) is 5.64. The first-order chi connectivity index (χ1) is 12.8. The van der Waals surface area contributed by atoms with Crippen LogP contribution in [0.1, 0.15) is 10.4 Å². The largest absolute Gasteiger partial charge is 0.411 e. The Morgan fingerprint density at radius 3 is 2.15 bits per heavy atom. The van der Waals surface area contributed by atoms with E-state index in [-0.39, 0.29) is 19.7 Å². The van der Waals surface area contributed by atoms with Crippen molar-refractivity contribution < 1.29 is 27.5 Å². The first kappa shape index (κ1) is 20.4. The first-order valence-corrected chi connectivity index (χ1v) is 8.20. The minimum absolute atomic E-state index is 0.0729. The topological polar surface area (TPSA) is 67.4 Å². The Balaban J connectivity index is 1.71. The molecular formula is C19H19F3N2O3. The van der Waals surface area contributed by atoms with Gasteiger partial charge in [-0.1, -0.05) is 42.5 Å². The number of nitrogens with one attached hydrogen (secondary N) is 2. The highest BCUT2D eigenvalue weighted by atomic mass is 19.4. The van der Waals surface area contributed by atoms with Gasteiger partial charge in [-0.3, -0.25) is 9.59 Å². The van der Waals surface area contributed by atoms with Crippen LogP contribution in [0, 0.1) is 0 Å². The summed E-state index contributed by atoms with van der Waals surface area (Å²) in [6, 6.07) is 16.6. The van der Waals surface area contributed by atoms with Crippen molar-refractivity contribution in [1.29, 1.82) is 0 Å². The zero-order valence-electron chi connectivity index (χ0n) is 14.4. The summed E-state index contributed by atoms with van der Waals surface area (Å²) in [6.45, 7) is -1.98. The van der Waals surface area contributed by atoms with Crippen molar-refractivity contribution in [2.24, 2.45) is 0 Å². The van der Waals surface area contributed by atoms with Crippen molar-refractivity contribution in [2.75, 3.05) is 26.3 Å². The van der Waals surface area contributed by atoms with Crippen LogP contribution < -0.4 is 10.6 Å². The Kier molecular flexibility index (Phi) is 7.36. The van der Waals surface area contributed by atoms with Gasteiger partial charge in [0.05, 0.1) is 13.2 Å². The zero-order valence-corrected chi connectivity index (χ0v) is 14.4. The number of alkyl halides is 3. The molecule has 0 aliphatic heterocycles. The molecule has 2 aromatic rings. The van der Waals surface area contributed by atoms with E-state index in [0.29, 0.717) is 5.56 Å². The number of benzene rings is 2. The maximum atomic E-state index is 12.0. The predicted octanol–water partition coefficient (Wildman–Crippen LogP) is 2.78. The van der Waals surface area contributed by atoms with Crippen LogP contribution >= 0.6 is 0 Å². The van der Waals surface area contributed by atoms with Crippen LogP contribution in [0.4, 0.5) is 13.2 Å². The molecule has 0 saturated carbocycles. The van der Waals surface area contributed by atoms with Crippen molar-refractivity contribution in [2.45, 2.75) is 6.18 Å². The lowest BCUT2D eigenvalue weighted by atomic mass is 10.0. The van der Waals surface area contributed by atoms with E-state index in [4.69, 9.17) is 0 Å². The van der Waals surface area contributed by atoms with Crippen molar-refractivity contribution >= 4 is 11.8 Å². The second kappa shape index (κ2) is 9.72. The van der Waals surface area contributed by atoms with Crippen LogP contribution in [0.25, 0.3) is 11.1 Å². The fourth-order valence-corrected chi connectivity index (χ4v) is 2.22. The number of hydrogen-bond donors (Lipinski definition) is 2. The molecule has 8 heteroatoms. The van der Waals surface area contributed by atoms with Crippen LogP contribution in [0.3, 0.4) is 0 Å². The standard InChI is InChI=1S/C19H19F3N2O3/c20-19(21,22)13-27-11-10-23-17(25)12-24-18(26)16-8-6-15(7-9-16)14-4-2-1-3-5-14/h1-9H,10-13H2,(H,23,25)(H,24,26). The van der Waals surface area contributed by atoms with Gasteiger partial charge in [0.15, 0.2) is 0 Å². The number of ether oxygens (including phenoxy) is 1. The third-order valence-electron chi connectivity index (χ3n) is 3.50. The summed E-state index contributed by atoms with van der Waals surface area (Å²) in [6.07, 6.45) is -4.39. The summed E-state index contributed by atoms with van der Waals surface area (Å²) >= 11 is 0. The van der Waals surface area contributed by atoms with Crippen molar-refractivity contribution in [3.63, 3.8) is 0 Å². The molecule has 0 unspecified atom stereocenters. The van der Waals surface area contributed by atoms with E-state index in [1.807, 2.05) is 42.5 Å². The lowest BCUT2D eigenvalue weighted by Gasteiger charge is -2.09. The molecule has 2 N–H and O–H groups in total. The van der Waals surface area contributed by atoms with Gasteiger partial charge in [0.2, 0.25) is 5.91 Å². The Labute approximate surface area is 154 Å². The monoisotopic (exact) mass is 380 g/mol. The molecule has 2 amide bonds. The molecule has 0 atom stereocenters. The zero-order chi connectivity index (χ0) is 19.7. The van der Waals surface area contributed by atoms with Gasteiger partial charge in [-0.15, -0.1) is 0 Å². The highest BCUT2D eigenvalue weighted by molar-refractivity contribution is 5.96. The van der Waals surface area contributed by atoms with E-state index in [1.54, 1.807) is 12.1 Å². The van der Waals surface area contributed by atoms with Gasteiger partial charge in [0, 0.05) is 12.1 Å².